The topological polar surface area (TPSA) is 81.7 Å². The lowest BCUT2D eigenvalue weighted by molar-refractivity contribution is -0.142. The lowest BCUT2D eigenvalue weighted by Gasteiger charge is -2.10. The number of hydrogen-bond acceptors (Lipinski definition) is 5. The van der Waals surface area contributed by atoms with Gasteiger partial charge in [0.25, 0.3) is 5.91 Å². The molecule has 2 aromatic carbocycles. The Morgan fingerprint density at radius 3 is 2.41 bits per heavy atom. The highest BCUT2D eigenvalue weighted by Gasteiger charge is 2.14. The molecule has 0 heterocycles. The molecule has 27 heavy (non-hydrogen) atoms. The van der Waals surface area contributed by atoms with E-state index in [1.165, 1.54) is 6.08 Å². The van der Waals surface area contributed by atoms with Gasteiger partial charge in [0.15, 0.2) is 6.61 Å². The number of para-hydroxylation sites is 1. The number of hydrogen-bond donors (Lipinski definition) is 1. The lowest BCUT2D eigenvalue weighted by Crippen LogP contribution is -2.21. The Balaban J connectivity index is 1.88. The van der Waals surface area contributed by atoms with Crippen molar-refractivity contribution in [2.45, 2.75) is 13.8 Å². The lowest BCUT2D eigenvalue weighted by atomic mass is 10.1. The Morgan fingerprint density at radius 2 is 1.70 bits per heavy atom. The van der Waals surface area contributed by atoms with E-state index in [0.29, 0.717) is 5.69 Å². The molecule has 0 aliphatic heterocycles. The van der Waals surface area contributed by atoms with Crippen LogP contribution in [0.15, 0.2) is 54.6 Å². The van der Waals surface area contributed by atoms with Crippen molar-refractivity contribution in [1.29, 1.82) is 0 Å². The molecule has 6 nitrogen and oxygen atoms in total. The summed E-state index contributed by atoms with van der Waals surface area (Å²) in [4.78, 5) is 35.6. The average molecular weight is 367 g/mol. The number of amides is 1. The van der Waals surface area contributed by atoms with Gasteiger partial charge in [-0.15, -0.1) is 0 Å². The maximum absolute atomic E-state index is 12.0. The average Bonchev–Trinajstić information content (AvgIpc) is 2.66. The molecule has 6 heteroatoms. The smallest absolute Gasteiger partial charge is 0.340 e. The summed E-state index contributed by atoms with van der Waals surface area (Å²) in [6.07, 6.45) is 2.86. The zero-order chi connectivity index (χ0) is 19.6. The van der Waals surface area contributed by atoms with Gasteiger partial charge >= 0.3 is 11.9 Å². The standard InChI is InChI=1S/C21H21NO5/c1-3-26-21(25)17-6-4-5-7-18(17)22-19(23)14-27-20(24)13-12-16-10-8-15(2)9-11-16/h4-13H,3,14H2,1-2H3,(H,22,23)/b13-12+. The maximum Gasteiger partial charge on any atom is 0.340 e. The summed E-state index contributed by atoms with van der Waals surface area (Å²) in [5, 5.41) is 2.54. The fourth-order valence-electron chi connectivity index (χ4n) is 2.19. The molecular formula is C21H21NO5. The Hall–Kier alpha value is -3.41. The van der Waals surface area contributed by atoms with Crippen LogP contribution in [-0.4, -0.2) is 31.1 Å². The first kappa shape index (κ1) is 19.9. The minimum absolute atomic E-state index is 0.228. The summed E-state index contributed by atoms with van der Waals surface area (Å²) in [6.45, 7) is 3.43. The van der Waals surface area contributed by atoms with Crippen molar-refractivity contribution in [2.75, 3.05) is 18.5 Å². The summed E-state index contributed by atoms with van der Waals surface area (Å²) in [7, 11) is 0. The van der Waals surface area contributed by atoms with Gasteiger partial charge in [0.2, 0.25) is 0 Å². The predicted octanol–water partition coefficient (Wildman–Crippen LogP) is 3.37. The fourth-order valence-corrected chi connectivity index (χ4v) is 2.19. The van der Waals surface area contributed by atoms with Crippen LogP contribution < -0.4 is 5.32 Å². The summed E-state index contributed by atoms with van der Waals surface area (Å²) < 4.78 is 9.86. The SMILES string of the molecule is CCOC(=O)c1ccccc1NC(=O)COC(=O)/C=C/c1ccc(C)cc1. The van der Waals surface area contributed by atoms with Gasteiger partial charge in [0, 0.05) is 6.08 Å². The number of aryl methyl sites for hydroxylation is 1. The largest absolute Gasteiger partial charge is 0.462 e. The zero-order valence-corrected chi connectivity index (χ0v) is 15.2. The molecule has 0 saturated heterocycles. The first-order chi connectivity index (χ1) is 13.0. The maximum atomic E-state index is 12.0. The van der Waals surface area contributed by atoms with Crippen molar-refractivity contribution in [3.63, 3.8) is 0 Å². The van der Waals surface area contributed by atoms with Crippen LogP contribution >= 0.6 is 0 Å². The van der Waals surface area contributed by atoms with Crippen LogP contribution in [0, 0.1) is 6.92 Å². The molecule has 0 radical (unpaired) electrons. The summed E-state index contributed by atoms with van der Waals surface area (Å²) in [5.74, 6) is -1.72. The van der Waals surface area contributed by atoms with E-state index >= 15 is 0 Å². The number of benzene rings is 2. The third-order valence-electron chi connectivity index (χ3n) is 3.53. The molecular weight excluding hydrogens is 346 g/mol. The van der Waals surface area contributed by atoms with Crippen molar-refractivity contribution in [1.82, 2.24) is 0 Å². The molecule has 0 unspecified atom stereocenters. The van der Waals surface area contributed by atoms with E-state index in [1.807, 2.05) is 31.2 Å². The van der Waals surface area contributed by atoms with Crippen LogP contribution in [0.5, 0.6) is 0 Å². The molecule has 140 valence electrons. The number of rotatable bonds is 7. The zero-order valence-electron chi connectivity index (χ0n) is 15.2. The third kappa shape index (κ3) is 6.43. The number of nitrogens with one attached hydrogen (secondary N) is 1. The third-order valence-corrected chi connectivity index (χ3v) is 3.53. The van der Waals surface area contributed by atoms with Crippen LogP contribution in [0.2, 0.25) is 0 Å². The minimum atomic E-state index is -0.635. The van der Waals surface area contributed by atoms with Gasteiger partial charge in [-0.1, -0.05) is 42.0 Å². The highest BCUT2D eigenvalue weighted by atomic mass is 16.5. The van der Waals surface area contributed by atoms with Gasteiger partial charge < -0.3 is 14.8 Å². The van der Waals surface area contributed by atoms with Gasteiger partial charge in [-0.25, -0.2) is 9.59 Å². The molecule has 0 aliphatic carbocycles. The molecule has 1 amide bonds. The van der Waals surface area contributed by atoms with Gasteiger partial charge in [-0.05, 0) is 37.6 Å². The van der Waals surface area contributed by atoms with E-state index in [9.17, 15) is 14.4 Å². The molecule has 0 saturated carbocycles. The van der Waals surface area contributed by atoms with Gasteiger partial charge in [0.05, 0.1) is 17.9 Å². The van der Waals surface area contributed by atoms with Gasteiger partial charge in [-0.3, -0.25) is 4.79 Å². The Bertz CT molecular complexity index is 840. The quantitative estimate of drug-likeness (QED) is 0.599. The number of carbonyl (C=O) groups is 3. The van der Waals surface area contributed by atoms with Crippen LogP contribution in [0.25, 0.3) is 6.08 Å². The number of anilines is 1. The van der Waals surface area contributed by atoms with Crippen molar-refractivity contribution >= 4 is 29.6 Å². The molecule has 0 spiro atoms. The highest BCUT2D eigenvalue weighted by molar-refractivity contribution is 6.02. The van der Waals surface area contributed by atoms with Crippen molar-refractivity contribution < 1.29 is 23.9 Å². The number of carbonyl (C=O) groups excluding carboxylic acids is 3. The molecule has 1 N–H and O–H groups in total. The molecule has 2 rings (SSSR count). The van der Waals surface area contributed by atoms with Crippen LogP contribution in [0.3, 0.4) is 0 Å². The second-order valence-electron chi connectivity index (χ2n) is 5.67. The molecule has 0 aromatic heterocycles. The van der Waals surface area contributed by atoms with E-state index in [1.54, 1.807) is 37.3 Å². The Kier molecular flexibility index (Phi) is 7.31. The predicted molar refractivity (Wildman–Crippen MR) is 102 cm³/mol. The van der Waals surface area contributed by atoms with E-state index in [4.69, 9.17) is 9.47 Å². The second kappa shape index (κ2) is 9.91. The molecule has 0 fully saturated rings. The Morgan fingerprint density at radius 1 is 1.00 bits per heavy atom. The van der Waals surface area contributed by atoms with E-state index in [2.05, 4.69) is 5.32 Å². The summed E-state index contributed by atoms with van der Waals surface area (Å²) in [6, 6.07) is 14.1. The van der Waals surface area contributed by atoms with E-state index in [0.717, 1.165) is 11.1 Å². The van der Waals surface area contributed by atoms with Crippen LogP contribution in [0.1, 0.15) is 28.4 Å². The van der Waals surface area contributed by atoms with Crippen molar-refractivity contribution in [3.8, 4) is 0 Å². The van der Waals surface area contributed by atoms with Crippen LogP contribution in [0.4, 0.5) is 5.69 Å². The van der Waals surface area contributed by atoms with E-state index < -0.39 is 24.5 Å². The molecule has 2 aromatic rings. The monoisotopic (exact) mass is 367 g/mol. The van der Waals surface area contributed by atoms with E-state index in [-0.39, 0.29) is 12.2 Å². The van der Waals surface area contributed by atoms with Crippen molar-refractivity contribution in [2.24, 2.45) is 0 Å². The highest BCUT2D eigenvalue weighted by Crippen LogP contribution is 2.16. The molecule has 0 aliphatic rings. The van der Waals surface area contributed by atoms with Crippen LogP contribution in [-0.2, 0) is 19.1 Å². The fraction of sp³-hybridized carbons (Fsp3) is 0.190. The molecule has 0 atom stereocenters. The normalized spacial score (nSPS) is 10.4. The number of esters is 2. The number of ether oxygens (including phenoxy) is 2. The van der Waals surface area contributed by atoms with Crippen molar-refractivity contribution in [3.05, 3.63) is 71.3 Å². The Labute approximate surface area is 157 Å². The first-order valence-corrected chi connectivity index (χ1v) is 8.47. The van der Waals surface area contributed by atoms with Gasteiger partial charge in [0.1, 0.15) is 0 Å². The summed E-state index contributed by atoms with van der Waals surface area (Å²) in [5.41, 5.74) is 2.50. The van der Waals surface area contributed by atoms with Gasteiger partial charge in [-0.2, -0.15) is 0 Å². The minimum Gasteiger partial charge on any atom is -0.462 e. The summed E-state index contributed by atoms with van der Waals surface area (Å²) >= 11 is 0. The first-order valence-electron chi connectivity index (χ1n) is 8.47. The molecule has 0 bridgehead atoms. The second-order valence-corrected chi connectivity index (χ2v) is 5.67.